The number of aryl methyl sites for hydroxylation is 1. The molecule has 6 rings (SSSR count). The molecular formula is C30H29FN6O4. The number of anilines is 2. The highest BCUT2D eigenvalue weighted by molar-refractivity contribution is 6.05. The number of ether oxygens (including phenoxy) is 1. The molecule has 1 saturated carbocycles. The van der Waals surface area contributed by atoms with Crippen LogP contribution in [0, 0.1) is 12.8 Å². The number of alkyl halides is 1. The SMILES string of the molecule is Cc1ccc2c(NC(=O)[C@@H]3C[C@H]3F)cccc2c1Oc1ncccc1-c1ccnc(NC2CCCN(C(=O)O)C2)n1. The number of hydrogen-bond acceptors (Lipinski definition) is 7. The molecule has 4 aromatic rings. The van der Waals surface area contributed by atoms with E-state index in [1.54, 1.807) is 30.6 Å². The number of fused-ring (bicyclic) bond motifs is 1. The first-order valence-electron chi connectivity index (χ1n) is 13.6. The lowest BCUT2D eigenvalue weighted by Crippen LogP contribution is -2.44. The Bertz CT molecular complexity index is 1630. The summed E-state index contributed by atoms with van der Waals surface area (Å²) >= 11 is 0. The van der Waals surface area contributed by atoms with Crippen LogP contribution in [-0.4, -0.2) is 62.3 Å². The number of piperidine rings is 1. The monoisotopic (exact) mass is 556 g/mol. The Balaban J connectivity index is 1.28. The summed E-state index contributed by atoms with van der Waals surface area (Å²) in [4.78, 5) is 38.8. The van der Waals surface area contributed by atoms with Crippen molar-refractivity contribution in [1.29, 1.82) is 0 Å². The minimum Gasteiger partial charge on any atom is -0.465 e. The van der Waals surface area contributed by atoms with Gasteiger partial charge in [0.1, 0.15) is 11.9 Å². The third kappa shape index (κ3) is 5.60. The molecular weight excluding hydrogens is 527 g/mol. The molecule has 2 amide bonds. The maximum absolute atomic E-state index is 13.4. The van der Waals surface area contributed by atoms with E-state index in [2.05, 4.69) is 25.6 Å². The summed E-state index contributed by atoms with van der Waals surface area (Å²) in [6.07, 6.45) is 3.10. The number of carbonyl (C=O) groups is 2. The van der Waals surface area contributed by atoms with Gasteiger partial charge in [-0.15, -0.1) is 0 Å². The summed E-state index contributed by atoms with van der Waals surface area (Å²) in [5.41, 5.74) is 2.70. The third-order valence-corrected chi connectivity index (χ3v) is 7.44. The van der Waals surface area contributed by atoms with Gasteiger partial charge in [0.2, 0.25) is 17.7 Å². The minimum absolute atomic E-state index is 0.0940. The number of rotatable bonds is 7. The topological polar surface area (TPSA) is 130 Å². The van der Waals surface area contributed by atoms with Crippen molar-refractivity contribution in [3.05, 3.63) is 66.5 Å². The quantitative estimate of drug-likeness (QED) is 0.267. The third-order valence-electron chi connectivity index (χ3n) is 7.44. The van der Waals surface area contributed by atoms with Crippen molar-refractivity contribution in [1.82, 2.24) is 19.9 Å². The molecule has 0 bridgehead atoms. The Morgan fingerprint density at radius 2 is 1.93 bits per heavy atom. The van der Waals surface area contributed by atoms with E-state index in [1.165, 1.54) is 4.90 Å². The van der Waals surface area contributed by atoms with Crippen molar-refractivity contribution >= 4 is 34.4 Å². The number of aromatic nitrogens is 3. The molecule has 0 spiro atoms. The van der Waals surface area contributed by atoms with Crippen LogP contribution in [0.5, 0.6) is 11.6 Å². The van der Waals surface area contributed by atoms with Gasteiger partial charge < -0.3 is 25.4 Å². The smallest absolute Gasteiger partial charge is 0.407 e. The lowest BCUT2D eigenvalue weighted by molar-refractivity contribution is -0.117. The second kappa shape index (κ2) is 11.0. The molecule has 1 saturated heterocycles. The molecule has 210 valence electrons. The van der Waals surface area contributed by atoms with Gasteiger partial charge in [0.05, 0.1) is 17.2 Å². The van der Waals surface area contributed by atoms with Gasteiger partial charge in [0.15, 0.2) is 0 Å². The predicted molar refractivity (Wildman–Crippen MR) is 152 cm³/mol. The van der Waals surface area contributed by atoms with Gasteiger partial charge >= 0.3 is 6.09 Å². The summed E-state index contributed by atoms with van der Waals surface area (Å²) in [5, 5.41) is 17.0. The largest absolute Gasteiger partial charge is 0.465 e. The van der Waals surface area contributed by atoms with Crippen LogP contribution in [0.3, 0.4) is 0 Å². The predicted octanol–water partition coefficient (Wildman–Crippen LogP) is 5.64. The van der Waals surface area contributed by atoms with Gasteiger partial charge in [-0.05, 0) is 56.0 Å². The first-order chi connectivity index (χ1) is 19.9. The number of amides is 2. The van der Waals surface area contributed by atoms with E-state index in [4.69, 9.17) is 4.74 Å². The molecule has 1 unspecified atom stereocenters. The van der Waals surface area contributed by atoms with E-state index in [1.807, 2.05) is 37.3 Å². The zero-order chi connectivity index (χ0) is 28.5. The fraction of sp³-hybridized carbons (Fsp3) is 0.300. The van der Waals surface area contributed by atoms with Crippen molar-refractivity contribution in [2.24, 2.45) is 5.92 Å². The minimum atomic E-state index is -1.08. The van der Waals surface area contributed by atoms with Gasteiger partial charge in [0, 0.05) is 48.0 Å². The van der Waals surface area contributed by atoms with Gasteiger partial charge in [-0.2, -0.15) is 0 Å². The van der Waals surface area contributed by atoms with Crippen molar-refractivity contribution in [2.45, 2.75) is 38.4 Å². The number of benzene rings is 2. The highest BCUT2D eigenvalue weighted by Crippen LogP contribution is 2.40. The van der Waals surface area contributed by atoms with Crippen molar-refractivity contribution in [3.8, 4) is 22.9 Å². The highest BCUT2D eigenvalue weighted by Gasteiger charge is 2.43. The zero-order valence-electron chi connectivity index (χ0n) is 22.4. The van der Waals surface area contributed by atoms with E-state index in [0.29, 0.717) is 47.6 Å². The van der Waals surface area contributed by atoms with E-state index in [-0.39, 0.29) is 18.4 Å². The second-order valence-electron chi connectivity index (χ2n) is 10.4. The normalized spacial score (nSPS) is 20.0. The number of carbonyl (C=O) groups excluding carboxylic acids is 1. The Hall–Kier alpha value is -4.80. The second-order valence-corrected chi connectivity index (χ2v) is 10.4. The first kappa shape index (κ1) is 26.4. The van der Waals surface area contributed by atoms with Crippen LogP contribution in [-0.2, 0) is 4.79 Å². The fourth-order valence-electron chi connectivity index (χ4n) is 5.14. The summed E-state index contributed by atoms with van der Waals surface area (Å²) in [5.74, 6) is 0.399. The Labute approximate surface area is 235 Å². The van der Waals surface area contributed by atoms with Crippen LogP contribution < -0.4 is 15.4 Å². The van der Waals surface area contributed by atoms with E-state index < -0.39 is 18.2 Å². The van der Waals surface area contributed by atoms with Crippen molar-refractivity contribution in [3.63, 3.8) is 0 Å². The van der Waals surface area contributed by atoms with Crippen LogP contribution in [0.4, 0.5) is 20.8 Å². The number of pyridine rings is 1. The number of nitrogens with one attached hydrogen (secondary N) is 2. The van der Waals surface area contributed by atoms with Gasteiger partial charge in [-0.1, -0.05) is 24.3 Å². The molecule has 0 radical (unpaired) electrons. The molecule has 1 aliphatic carbocycles. The number of halogens is 1. The molecule has 1 aliphatic heterocycles. The molecule has 2 aliphatic rings. The summed E-state index contributed by atoms with van der Waals surface area (Å²) < 4.78 is 19.9. The molecule has 3 heterocycles. The maximum Gasteiger partial charge on any atom is 0.407 e. The van der Waals surface area contributed by atoms with E-state index >= 15 is 0 Å². The van der Waals surface area contributed by atoms with Crippen LogP contribution in [0.25, 0.3) is 22.0 Å². The Kier molecular flexibility index (Phi) is 7.08. The fourth-order valence-corrected chi connectivity index (χ4v) is 5.14. The lowest BCUT2D eigenvalue weighted by atomic mass is 10.0. The van der Waals surface area contributed by atoms with Crippen LogP contribution in [0.1, 0.15) is 24.8 Å². The molecule has 41 heavy (non-hydrogen) atoms. The maximum atomic E-state index is 13.4. The van der Waals surface area contributed by atoms with Crippen LogP contribution in [0.15, 0.2) is 60.9 Å². The van der Waals surface area contributed by atoms with Crippen LogP contribution >= 0.6 is 0 Å². The average Bonchev–Trinajstić information content (AvgIpc) is 3.72. The Morgan fingerprint density at radius 3 is 2.73 bits per heavy atom. The standard InChI is InChI=1S/C30H29FN6O4/c1-17-9-10-19-20(6-2-8-24(19)35-27(38)22-15-23(22)31)26(17)41-28-21(7-3-12-32-28)25-11-13-33-29(36-25)34-18-5-4-14-37(16-18)30(39)40/h2-3,6-13,18,22-23H,4-5,14-16H2,1H3,(H,35,38)(H,39,40)(H,33,34,36)/t18?,22-,23-/m1/s1. The molecule has 2 aromatic carbocycles. The number of nitrogens with zero attached hydrogens (tertiary/aromatic N) is 4. The van der Waals surface area contributed by atoms with Crippen molar-refractivity contribution < 1.29 is 23.8 Å². The molecule has 3 N–H and O–H groups in total. The molecule has 2 fully saturated rings. The average molecular weight is 557 g/mol. The van der Waals surface area contributed by atoms with Gasteiger partial charge in [-0.25, -0.2) is 24.1 Å². The summed E-state index contributed by atoms with van der Waals surface area (Å²) in [7, 11) is 0. The van der Waals surface area contributed by atoms with Gasteiger partial charge in [-0.3, -0.25) is 4.79 Å². The number of hydrogen-bond donors (Lipinski definition) is 3. The Morgan fingerprint density at radius 1 is 1.07 bits per heavy atom. The van der Waals surface area contributed by atoms with Gasteiger partial charge in [0.25, 0.3) is 0 Å². The highest BCUT2D eigenvalue weighted by atomic mass is 19.1. The number of carboxylic acid groups (broad SMARTS) is 1. The molecule has 11 heteroatoms. The lowest BCUT2D eigenvalue weighted by Gasteiger charge is -2.31. The van der Waals surface area contributed by atoms with Crippen LogP contribution in [0.2, 0.25) is 0 Å². The van der Waals surface area contributed by atoms with E-state index in [9.17, 15) is 19.1 Å². The van der Waals surface area contributed by atoms with Crippen molar-refractivity contribution in [2.75, 3.05) is 23.7 Å². The number of likely N-dealkylation sites (tertiary alicyclic amines) is 1. The molecule has 2 aromatic heterocycles. The summed E-state index contributed by atoms with van der Waals surface area (Å²) in [6, 6.07) is 14.7. The zero-order valence-corrected chi connectivity index (χ0v) is 22.4. The summed E-state index contributed by atoms with van der Waals surface area (Å²) in [6.45, 7) is 2.81. The van der Waals surface area contributed by atoms with E-state index in [0.717, 1.165) is 29.2 Å². The molecule has 10 nitrogen and oxygen atoms in total. The molecule has 3 atom stereocenters. The first-order valence-corrected chi connectivity index (χ1v) is 13.6.